The van der Waals surface area contributed by atoms with Gasteiger partial charge in [0.05, 0.1) is 18.2 Å². The molecular formula is C15H20N2O2S. The molecule has 0 fully saturated rings. The molecule has 108 valence electrons. The quantitative estimate of drug-likeness (QED) is 0.918. The molecule has 0 aromatic carbocycles. The molecule has 2 rings (SSSR count). The van der Waals surface area contributed by atoms with Gasteiger partial charge in [0.1, 0.15) is 5.76 Å². The van der Waals surface area contributed by atoms with Crippen molar-refractivity contribution in [1.29, 1.82) is 0 Å². The van der Waals surface area contributed by atoms with Crippen LogP contribution < -0.4 is 5.32 Å². The first-order chi connectivity index (χ1) is 9.49. The van der Waals surface area contributed by atoms with Crippen LogP contribution in [0.3, 0.4) is 0 Å². The van der Waals surface area contributed by atoms with Crippen LogP contribution in [0.15, 0.2) is 22.0 Å². The minimum atomic E-state index is 0.00602. The molecule has 2 aromatic heterocycles. The lowest BCUT2D eigenvalue weighted by molar-refractivity contribution is -0.121. The number of hydrogen-bond donors (Lipinski definition) is 1. The van der Waals surface area contributed by atoms with Crippen LogP contribution in [0.1, 0.15) is 41.8 Å². The third kappa shape index (κ3) is 3.28. The smallest absolute Gasteiger partial charge is 0.225 e. The summed E-state index contributed by atoms with van der Waals surface area (Å²) in [5.41, 5.74) is 1.67. The second-order valence-corrected chi connectivity index (χ2v) is 6.26. The zero-order chi connectivity index (χ0) is 14.7. The molecule has 0 spiro atoms. The normalized spacial score (nSPS) is 12.7. The zero-order valence-corrected chi connectivity index (χ0v) is 13.1. The Morgan fingerprint density at radius 3 is 2.70 bits per heavy atom. The number of aromatic nitrogens is 1. The first kappa shape index (κ1) is 14.8. The van der Waals surface area contributed by atoms with Crippen molar-refractivity contribution >= 4 is 17.2 Å². The van der Waals surface area contributed by atoms with Crippen molar-refractivity contribution < 1.29 is 9.32 Å². The Balaban J connectivity index is 2.06. The van der Waals surface area contributed by atoms with E-state index in [2.05, 4.69) is 30.4 Å². The maximum atomic E-state index is 12.2. The van der Waals surface area contributed by atoms with Gasteiger partial charge in [-0.15, -0.1) is 11.3 Å². The van der Waals surface area contributed by atoms with Crippen molar-refractivity contribution in [3.63, 3.8) is 0 Å². The van der Waals surface area contributed by atoms with E-state index in [4.69, 9.17) is 4.52 Å². The summed E-state index contributed by atoms with van der Waals surface area (Å²) in [7, 11) is 0. The van der Waals surface area contributed by atoms with Gasteiger partial charge in [0.25, 0.3) is 0 Å². The summed E-state index contributed by atoms with van der Waals surface area (Å²) in [4.78, 5) is 13.4. The summed E-state index contributed by atoms with van der Waals surface area (Å²) >= 11 is 1.67. The molecule has 1 amide bonds. The Kier molecular flexibility index (Phi) is 4.60. The van der Waals surface area contributed by atoms with E-state index >= 15 is 0 Å². The van der Waals surface area contributed by atoms with Gasteiger partial charge in [0.2, 0.25) is 5.91 Å². The standard InChI is InChI=1S/C15H20N2O2S/c1-9(2)15(13-6-5-7-20-13)16-14(18)8-12-10(3)17-19-11(12)4/h5-7,9,15H,8H2,1-4H3,(H,16,18)/t15-/m1/s1. The molecule has 0 bridgehead atoms. The minimum absolute atomic E-state index is 0.00602. The molecule has 1 atom stereocenters. The van der Waals surface area contributed by atoms with Crippen LogP contribution in [0.25, 0.3) is 0 Å². The Hall–Kier alpha value is -1.62. The largest absolute Gasteiger partial charge is 0.361 e. The van der Waals surface area contributed by atoms with Gasteiger partial charge in [-0.25, -0.2) is 0 Å². The van der Waals surface area contributed by atoms with Crippen molar-refractivity contribution in [2.45, 2.75) is 40.2 Å². The number of amides is 1. The van der Waals surface area contributed by atoms with Gasteiger partial charge in [-0.05, 0) is 31.2 Å². The number of hydrogen-bond acceptors (Lipinski definition) is 4. The Morgan fingerprint density at radius 1 is 1.45 bits per heavy atom. The highest BCUT2D eigenvalue weighted by atomic mass is 32.1. The van der Waals surface area contributed by atoms with Gasteiger partial charge in [-0.3, -0.25) is 4.79 Å². The highest BCUT2D eigenvalue weighted by Crippen LogP contribution is 2.26. The monoisotopic (exact) mass is 292 g/mol. The minimum Gasteiger partial charge on any atom is -0.361 e. The molecule has 0 aliphatic carbocycles. The summed E-state index contributed by atoms with van der Waals surface area (Å²) < 4.78 is 5.09. The van der Waals surface area contributed by atoms with E-state index in [1.807, 2.05) is 25.3 Å². The zero-order valence-electron chi connectivity index (χ0n) is 12.3. The molecule has 1 N–H and O–H groups in total. The SMILES string of the molecule is Cc1noc(C)c1CC(=O)N[C@@H](c1cccs1)C(C)C. The summed E-state index contributed by atoms with van der Waals surface area (Å²) in [6.45, 7) is 7.92. The predicted molar refractivity (Wildman–Crippen MR) is 79.7 cm³/mol. The Morgan fingerprint density at radius 2 is 2.20 bits per heavy atom. The fourth-order valence-corrected chi connectivity index (χ4v) is 3.12. The predicted octanol–water partition coefficient (Wildman–Crippen LogP) is 3.41. The molecule has 0 saturated heterocycles. The molecule has 0 aliphatic rings. The van der Waals surface area contributed by atoms with Crippen molar-refractivity contribution in [3.05, 3.63) is 39.4 Å². The number of aryl methyl sites for hydroxylation is 2. The van der Waals surface area contributed by atoms with E-state index in [1.165, 1.54) is 4.88 Å². The van der Waals surface area contributed by atoms with Crippen LogP contribution in [-0.2, 0) is 11.2 Å². The number of rotatable bonds is 5. The molecule has 20 heavy (non-hydrogen) atoms. The maximum absolute atomic E-state index is 12.2. The number of carbonyl (C=O) groups excluding carboxylic acids is 1. The molecule has 2 aromatic rings. The number of thiophene rings is 1. The lowest BCUT2D eigenvalue weighted by Crippen LogP contribution is -2.32. The van der Waals surface area contributed by atoms with Gasteiger partial charge < -0.3 is 9.84 Å². The van der Waals surface area contributed by atoms with Crippen LogP contribution in [0.2, 0.25) is 0 Å². The van der Waals surface area contributed by atoms with Crippen LogP contribution in [0, 0.1) is 19.8 Å². The second kappa shape index (κ2) is 6.22. The van der Waals surface area contributed by atoms with Crippen molar-refractivity contribution in [1.82, 2.24) is 10.5 Å². The third-order valence-corrected chi connectivity index (χ3v) is 4.31. The van der Waals surface area contributed by atoms with E-state index < -0.39 is 0 Å². The molecule has 4 nitrogen and oxygen atoms in total. The van der Waals surface area contributed by atoms with Crippen molar-refractivity contribution in [3.8, 4) is 0 Å². The second-order valence-electron chi connectivity index (χ2n) is 5.28. The summed E-state index contributed by atoms with van der Waals surface area (Å²) in [6, 6.07) is 4.13. The third-order valence-electron chi connectivity index (χ3n) is 3.35. The average Bonchev–Trinajstić information content (AvgIpc) is 3.01. The number of carbonyl (C=O) groups is 1. The van der Waals surface area contributed by atoms with Crippen LogP contribution in [0.4, 0.5) is 0 Å². The van der Waals surface area contributed by atoms with Gasteiger partial charge in [-0.2, -0.15) is 0 Å². The fourth-order valence-electron chi connectivity index (χ4n) is 2.17. The number of nitrogens with one attached hydrogen (secondary N) is 1. The highest BCUT2D eigenvalue weighted by molar-refractivity contribution is 7.10. The summed E-state index contributed by atoms with van der Waals surface area (Å²) in [5.74, 6) is 1.07. The van der Waals surface area contributed by atoms with Gasteiger partial charge >= 0.3 is 0 Å². The first-order valence-corrected chi connectivity index (χ1v) is 7.61. The van der Waals surface area contributed by atoms with E-state index in [0.717, 1.165) is 17.0 Å². The van der Waals surface area contributed by atoms with Gasteiger partial charge in [-0.1, -0.05) is 25.1 Å². The van der Waals surface area contributed by atoms with Crippen molar-refractivity contribution in [2.24, 2.45) is 5.92 Å². The van der Waals surface area contributed by atoms with Crippen LogP contribution >= 0.6 is 11.3 Å². The summed E-state index contributed by atoms with van der Waals surface area (Å²) in [6.07, 6.45) is 0.315. The molecule has 0 aliphatic heterocycles. The maximum Gasteiger partial charge on any atom is 0.225 e. The van der Waals surface area contributed by atoms with E-state index in [0.29, 0.717) is 12.3 Å². The molecule has 0 unspecified atom stereocenters. The lowest BCUT2D eigenvalue weighted by Gasteiger charge is -2.21. The topological polar surface area (TPSA) is 55.1 Å². The van der Waals surface area contributed by atoms with E-state index in [1.54, 1.807) is 11.3 Å². The molecule has 0 radical (unpaired) electrons. The molecule has 0 saturated carbocycles. The number of nitrogens with zero attached hydrogens (tertiary/aromatic N) is 1. The highest BCUT2D eigenvalue weighted by Gasteiger charge is 2.21. The summed E-state index contributed by atoms with van der Waals surface area (Å²) in [5, 5.41) is 9.03. The fraction of sp³-hybridized carbons (Fsp3) is 0.467. The van der Waals surface area contributed by atoms with E-state index in [-0.39, 0.29) is 11.9 Å². The van der Waals surface area contributed by atoms with Crippen molar-refractivity contribution in [2.75, 3.05) is 0 Å². The Bertz CT molecular complexity index is 553. The Labute approximate surface area is 123 Å². The average molecular weight is 292 g/mol. The van der Waals surface area contributed by atoms with Crippen LogP contribution in [-0.4, -0.2) is 11.1 Å². The molecule has 5 heteroatoms. The van der Waals surface area contributed by atoms with Crippen LogP contribution in [0.5, 0.6) is 0 Å². The first-order valence-electron chi connectivity index (χ1n) is 6.73. The van der Waals surface area contributed by atoms with Gasteiger partial charge in [0, 0.05) is 10.4 Å². The van der Waals surface area contributed by atoms with E-state index in [9.17, 15) is 4.79 Å². The molecular weight excluding hydrogens is 272 g/mol. The molecule has 2 heterocycles. The van der Waals surface area contributed by atoms with Gasteiger partial charge in [0.15, 0.2) is 0 Å². The lowest BCUT2D eigenvalue weighted by atomic mass is 10.0.